The molecule has 6 heteroatoms. The fraction of sp³-hybridized carbons (Fsp3) is 0.700. The van der Waals surface area contributed by atoms with Crippen molar-refractivity contribution in [2.45, 2.75) is 30.8 Å². The molecule has 0 aromatic carbocycles. The van der Waals surface area contributed by atoms with Crippen LogP contribution in [-0.4, -0.2) is 53.6 Å². The molecule has 0 unspecified atom stereocenters. The van der Waals surface area contributed by atoms with Gasteiger partial charge in [-0.15, -0.1) is 6.42 Å². The van der Waals surface area contributed by atoms with E-state index in [0.717, 1.165) is 0 Å². The van der Waals surface area contributed by atoms with Gasteiger partial charge in [-0.25, -0.2) is 0 Å². The first-order chi connectivity index (χ1) is 7.60. The predicted octanol–water partition coefficient (Wildman–Crippen LogP) is -2.43. The van der Waals surface area contributed by atoms with Crippen LogP contribution in [0.25, 0.3) is 0 Å². The van der Waals surface area contributed by atoms with E-state index in [0.29, 0.717) is 0 Å². The predicted molar refractivity (Wildman–Crippen MR) is 56.2 cm³/mol. The highest BCUT2D eigenvalue weighted by Gasteiger charge is 2.42. The number of amides is 1. The third-order valence-electron chi connectivity index (χ3n) is 2.47. The first kappa shape index (κ1) is 12.9. The summed E-state index contributed by atoms with van der Waals surface area (Å²) in [6.07, 6.45) is 1.43. The highest BCUT2D eigenvalue weighted by molar-refractivity contribution is 5.76. The number of rotatable bonds is 4. The Hall–Kier alpha value is -1.13. The lowest BCUT2D eigenvalue weighted by Crippen LogP contribution is -2.37. The minimum absolute atomic E-state index is 0.0452. The molecule has 1 heterocycles. The van der Waals surface area contributed by atoms with Crippen molar-refractivity contribution in [3.63, 3.8) is 0 Å². The van der Waals surface area contributed by atoms with Crippen LogP contribution in [0.4, 0.5) is 0 Å². The van der Waals surface area contributed by atoms with Crippen LogP contribution in [0.3, 0.4) is 0 Å². The van der Waals surface area contributed by atoms with Crippen molar-refractivity contribution in [1.82, 2.24) is 5.32 Å². The molecule has 1 aliphatic heterocycles. The van der Waals surface area contributed by atoms with Crippen LogP contribution >= 0.6 is 0 Å². The number of aliphatic hydroxyl groups is 2. The maximum Gasteiger partial charge on any atom is 0.223 e. The van der Waals surface area contributed by atoms with E-state index in [1.54, 1.807) is 0 Å². The molecule has 0 bridgehead atoms. The second-order valence-electron chi connectivity index (χ2n) is 3.61. The van der Waals surface area contributed by atoms with Gasteiger partial charge in [0.2, 0.25) is 5.91 Å². The molecule has 0 aliphatic carbocycles. The van der Waals surface area contributed by atoms with Crippen molar-refractivity contribution in [2.75, 3.05) is 13.1 Å². The maximum atomic E-state index is 11.3. The van der Waals surface area contributed by atoms with Gasteiger partial charge in [0, 0.05) is 6.54 Å². The number of aliphatic hydroxyl groups excluding tert-OH is 2. The van der Waals surface area contributed by atoms with Gasteiger partial charge in [-0.05, 0) is 0 Å². The van der Waals surface area contributed by atoms with Crippen molar-refractivity contribution in [3.8, 4) is 12.3 Å². The molecular formula is C10H16N2O4. The van der Waals surface area contributed by atoms with Crippen molar-refractivity contribution >= 4 is 5.91 Å². The minimum atomic E-state index is -1.09. The SMILES string of the molecule is C#CCNC(=O)C[C@H]1O[C@H](CN)[C@@H](O)[C@@H]1O. The molecular weight excluding hydrogens is 212 g/mol. The standard InChI is InChI=1S/C10H16N2O4/c1-2-3-12-8(13)4-6-9(14)10(15)7(5-11)16-6/h1,6-7,9-10,14-15H,3-5,11H2,(H,12,13)/t6-,7-,9-,10-/m1/s1. The van der Waals surface area contributed by atoms with Crippen LogP contribution < -0.4 is 11.1 Å². The zero-order valence-electron chi connectivity index (χ0n) is 8.80. The van der Waals surface area contributed by atoms with Crippen molar-refractivity contribution < 1.29 is 19.7 Å². The molecule has 0 saturated carbocycles. The fourth-order valence-corrected chi connectivity index (χ4v) is 1.59. The average molecular weight is 228 g/mol. The Kier molecular flexibility index (Phi) is 4.71. The van der Waals surface area contributed by atoms with Gasteiger partial charge < -0.3 is 26.0 Å². The molecule has 0 aromatic heterocycles. The highest BCUT2D eigenvalue weighted by atomic mass is 16.5. The second kappa shape index (κ2) is 5.82. The van der Waals surface area contributed by atoms with Gasteiger partial charge in [0.05, 0.1) is 25.2 Å². The van der Waals surface area contributed by atoms with Crippen LogP contribution in [0.1, 0.15) is 6.42 Å². The van der Waals surface area contributed by atoms with E-state index < -0.39 is 24.4 Å². The van der Waals surface area contributed by atoms with Crippen molar-refractivity contribution in [1.29, 1.82) is 0 Å². The summed E-state index contributed by atoms with van der Waals surface area (Å²) in [5.41, 5.74) is 5.34. The molecule has 0 spiro atoms. The monoisotopic (exact) mass is 228 g/mol. The molecule has 5 N–H and O–H groups in total. The van der Waals surface area contributed by atoms with Gasteiger partial charge in [-0.1, -0.05) is 5.92 Å². The summed E-state index contributed by atoms with van der Waals surface area (Å²) in [4.78, 5) is 11.3. The highest BCUT2D eigenvalue weighted by Crippen LogP contribution is 2.22. The van der Waals surface area contributed by atoms with Crippen LogP contribution in [-0.2, 0) is 9.53 Å². The van der Waals surface area contributed by atoms with E-state index >= 15 is 0 Å². The van der Waals surface area contributed by atoms with Gasteiger partial charge in [0.25, 0.3) is 0 Å². The molecule has 4 atom stereocenters. The van der Waals surface area contributed by atoms with E-state index in [1.807, 2.05) is 0 Å². The van der Waals surface area contributed by atoms with Gasteiger partial charge in [0.1, 0.15) is 12.2 Å². The van der Waals surface area contributed by atoms with Crippen LogP contribution in [0.5, 0.6) is 0 Å². The Morgan fingerprint density at radius 1 is 1.44 bits per heavy atom. The van der Waals surface area contributed by atoms with Gasteiger partial charge in [0.15, 0.2) is 0 Å². The third kappa shape index (κ3) is 2.93. The summed E-state index contributed by atoms with van der Waals surface area (Å²) in [5.74, 6) is 1.93. The molecule has 6 nitrogen and oxygen atoms in total. The zero-order chi connectivity index (χ0) is 12.1. The molecule has 0 radical (unpaired) electrons. The Morgan fingerprint density at radius 3 is 2.56 bits per heavy atom. The molecule has 1 rings (SSSR count). The van der Waals surface area contributed by atoms with Crippen LogP contribution in [0, 0.1) is 12.3 Å². The smallest absolute Gasteiger partial charge is 0.223 e. The van der Waals surface area contributed by atoms with E-state index in [2.05, 4.69) is 11.2 Å². The quantitative estimate of drug-likeness (QED) is 0.401. The van der Waals surface area contributed by atoms with Gasteiger partial charge >= 0.3 is 0 Å². The molecule has 0 aromatic rings. The first-order valence-corrected chi connectivity index (χ1v) is 5.02. The number of nitrogens with one attached hydrogen (secondary N) is 1. The number of terminal acetylenes is 1. The summed E-state index contributed by atoms with van der Waals surface area (Å²) in [6.45, 7) is 0.227. The number of nitrogens with two attached hydrogens (primary N) is 1. The van der Waals surface area contributed by atoms with Gasteiger partial charge in [-0.2, -0.15) is 0 Å². The number of hydrogen-bond donors (Lipinski definition) is 4. The first-order valence-electron chi connectivity index (χ1n) is 5.02. The van der Waals surface area contributed by atoms with Crippen LogP contribution in [0.15, 0.2) is 0 Å². The number of carbonyl (C=O) groups is 1. The fourth-order valence-electron chi connectivity index (χ4n) is 1.59. The van der Waals surface area contributed by atoms with Crippen LogP contribution in [0.2, 0.25) is 0 Å². The summed E-state index contributed by atoms with van der Waals surface area (Å²) in [7, 11) is 0. The van der Waals surface area contributed by atoms with E-state index in [-0.39, 0.29) is 25.4 Å². The lowest BCUT2D eigenvalue weighted by molar-refractivity contribution is -0.124. The average Bonchev–Trinajstić information content (AvgIpc) is 2.54. The third-order valence-corrected chi connectivity index (χ3v) is 2.47. The largest absolute Gasteiger partial charge is 0.388 e. The molecule has 16 heavy (non-hydrogen) atoms. The number of carbonyl (C=O) groups excluding carboxylic acids is 1. The minimum Gasteiger partial charge on any atom is -0.388 e. The summed E-state index contributed by atoms with van der Waals surface area (Å²) >= 11 is 0. The number of hydrogen-bond acceptors (Lipinski definition) is 5. The Labute approximate surface area is 93.8 Å². The summed E-state index contributed by atoms with van der Waals surface area (Å²) in [6, 6.07) is 0. The Balaban J connectivity index is 2.44. The molecule has 1 aliphatic rings. The summed E-state index contributed by atoms with van der Waals surface area (Å²) < 4.78 is 5.25. The molecule has 1 amide bonds. The Morgan fingerprint density at radius 2 is 2.06 bits per heavy atom. The van der Waals surface area contributed by atoms with Gasteiger partial charge in [-0.3, -0.25) is 4.79 Å². The second-order valence-corrected chi connectivity index (χ2v) is 3.61. The Bertz CT molecular complexity index is 289. The lowest BCUT2D eigenvalue weighted by Gasteiger charge is -2.13. The van der Waals surface area contributed by atoms with E-state index in [1.165, 1.54) is 0 Å². The maximum absolute atomic E-state index is 11.3. The molecule has 1 saturated heterocycles. The van der Waals surface area contributed by atoms with Crippen molar-refractivity contribution in [3.05, 3.63) is 0 Å². The zero-order valence-corrected chi connectivity index (χ0v) is 8.80. The summed E-state index contributed by atoms with van der Waals surface area (Å²) in [5, 5.41) is 21.5. The normalized spacial score (nSPS) is 33.4. The molecule has 1 fully saturated rings. The topological polar surface area (TPSA) is 105 Å². The molecule has 90 valence electrons. The van der Waals surface area contributed by atoms with E-state index in [9.17, 15) is 15.0 Å². The van der Waals surface area contributed by atoms with Crippen molar-refractivity contribution in [2.24, 2.45) is 5.73 Å². The number of ether oxygens (including phenoxy) is 1. The lowest BCUT2D eigenvalue weighted by atomic mass is 10.1. The van der Waals surface area contributed by atoms with E-state index in [4.69, 9.17) is 16.9 Å².